The first-order valence-electron chi connectivity index (χ1n) is 8.44. The normalized spacial score (nSPS) is 11.2. The lowest BCUT2D eigenvalue weighted by molar-refractivity contribution is -0.129. The molecule has 0 spiro atoms. The zero-order valence-corrected chi connectivity index (χ0v) is 17.1. The summed E-state index contributed by atoms with van der Waals surface area (Å²) in [7, 11) is 0. The van der Waals surface area contributed by atoms with Crippen LogP contribution in [0.5, 0.6) is 0 Å². The van der Waals surface area contributed by atoms with Crippen LogP contribution in [0.25, 0.3) is 5.69 Å². The van der Waals surface area contributed by atoms with Crippen LogP contribution < -0.4 is 10.7 Å². The second-order valence-electron chi connectivity index (χ2n) is 6.48. The molecule has 1 heterocycles. The van der Waals surface area contributed by atoms with Gasteiger partial charge in [-0.2, -0.15) is 5.10 Å². The summed E-state index contributed by atoms with van der Waals surface area (Å²) < 4.78 is 2.00. The summed E-state index contributed by atoms with van der Waals surface area (Å²) in [5.41, 5.74) is 5.93. The molecule has 0 unspecified atom stereocenters. The molecule has 144 valence electrons. The quantitative estimate of drug-likeness (QED) is 0.433. The van der Waals surface area contributed by atoms with Crippen molar-refractivity contribution in [2.45, 2.75) is 40.2 Å². The van der Waals surface area contributed by atoms with E-state index in [1.165, 1.54) is 0 Å². The molecular formula is C19H22Cl2N4O2. The van der Waals surface area contributed by atoms with Gasteiger partial charge in [-0.1, -0.05) is 23.2 Å². The number of carbonyl (C=O) groups is 2. The van der Waals surface area contributed by atoms with Crippen LogP contribution in [-0.2, 0) is 9.59 Å². The summed E-state index contributed by atoms with van der Waals surface area (Å²) in [4.78, 5) is 23.3. The van der Waals surface area contributed by atoms with Crippen LogP contribution in [0.4, 0.5) is 0 Å². The third-order valence-corrected chi connectivity index (χ3v) is 4.18. The molecule has 0 aliphatic rings. The van der Waals surface area contributed by atoms with Gasteiger partial charge in [0.05, 0.1) is 6.21 Å². The number of carbonyl (C=O) groups excluding carboxylic acids is 2. The maximum atomic E-state index is 11.8. The monoisotopic (exact) mass is 408 g/mol. The van der Waals surface area contributed by atoms with E-state index in [4.69, 9.17) is 23.2 Å². The minimum Gasteiger partial charge on any atom is -0.353 e. The minimum absolute atomic E-state index is 0.0146. The molecule has 0 saturated carbocycles. The molecule has 0 atom stereocenters. The van der Waals surface area contributed by atoms with Crippen molar-refractivity contribution in [2.24, 2.45) is 5.10 Å². The van der Waals surface area contributed by atoms with Gasteiger partial charge in [-0.3, -0.25) is 9.59 Å². The number of halogens is 2. The maximum Gasteiger partial charge on any atom is 0.249 e. The third-order valence-electron chi connectivity index (χ3n) is 3.74. The van der Waals surface area contributed by atoms with Crippen LogP contribution in [0.2, 0.25) is 10.0 Å². The Bertz CT molecular complexity index is 868. The molecule has 27 heavy (non-hydrogen) atoms. The highest BCUT2D eigenvalue weighted by Gasteiger charge is 2.12. The van der Waals surface area contributed by atoms with Gasteiger partial charge in [0.1, 0.15) is 6.42 Å². The minimum atomic E-state index is -0.472. The second kappa shape index (κ2) is 9.06. The lowest BCUT2D eigenvalue weighted by Gasteiger charge is -2.10. The number of amides is 2. The van der Waals surface area contributed by atoms with Gasteiger partial charge in [-0.15, -0.1) is 0 Å². The molecule has 2 amide bonds. The van der Waals surface area contributed by atoms with Crippen molar-refractivity contribution < 1.29 is 9.59 Å². The van der Waals surface area contributed by atoms with Crippen LogP contribution in [0.1, 0.15) is 37.2 Å². The van der Waals surface area contributed by atoms with E-state index in [-0.39, 0.29) is 18.4 Å². The molecule has 1 aromatic carbocycles. The lowest BCUT2D eigenvalue weighted by atomic mass is 10.2. The van der Waals surface area contributed by atoms with Gasteiger partial charge in [-0.05, 0) is 52.0 Å². The zero-order chi connectivity index (χ0) is 20.1. The topological polar surface area (TPSA) is 75.5 Å². The van der Waals surface area contributed by atoms with Gasteiger partial charge >= 0.3 is 0 Å². The van der Waals surface area contributed by atoms with Crippen LogP contribution in [-0.4, -0.2) is 28.6 Å². The van der Waals surface area contributed by atoms with E-state index in [1.54, 1.807) is 12.3 Å². The zero-order valence-electron chi connectivity index (χ0n) is 15.6. The predicted molar refractivity (Wildman–Crippen MR) is 109 cm³/mol. The van der Waals surface area contributed by atoms with Crippen molar-refractivity contribution in [3.63, 3.8) is 0 Å². The number of hydrogen-bond acceptors (Lipinski definition) is 3. The summed E-state index contributed by atoms with van der Waals surface area (Å²) >= 11 is 12.2. The SMILES string of the molecule is Cc1cc(/C=N/NC(=O)CC(=O)NC(C)C)c(C)n1-c1cc(Cl)cc(Cl)c1. The Morgan fingerprint density at radius 1 is 1.11 bits per heavy atom. The Morgan fingerprint density at radius 3 is 2.33 bits per heavy atom. The molecule has 0 saturated heterocycles. The van der Waals surface area contributed by atoms with E-state index in [9.17, 15) is 9.59 Å². The lowest BCUT2D eigenvalue weighted by Crippen LogP contribution is -2.34. The largest absolute Gasteiger partial charge is 0.353 e. The second-order valence-corrected chi connectivity index (χ2v) is 7.35. The number of hydrogen-bond donors (Lipinski definition) is 2. The molecule has 1 aromatic heterocycles. The van der Waals surface area contributed by atoms with E-state index in [0.29, 0.717) is 10.0 Å². The highest BCUT2D eigenvalue weighted by atomic mass is 35.5. The fourth-order valence-corrected chi connectivity index (χ4v) is 3.23. The molecule has 0 bridgehead atoms. The summed E-state index contributed by atoms with van der Waals surface area (Å²) in [5.74, 6) is -0.812. The number of aryl methyl sites for hydroxylation is 1. The summed E-state index contributed by atoms with van der Waals surface area (Å²) in [6.07, 6.45) is 1.28. The molecule has 6 nitrogen and oxygen atoms in total. The molecule has 2 N–H and O–H groups in total. The fraction of sp³-hybridized carbons (Fsp3) is 0.316. The van der Waals surface area contributed by atoms with Gasteiger partial charge in [-0.25, -0.2) is 5.43 Å². The molecule has 0 fully saturated rings. The van der Waals surface area contributed by atoms with Crippen molar-refractivity contribution in [2.75, 3.05) is 0 Å². The first-order valence-corrected chi connectivity index (χ1v) is 9.19. The van der Waals surface area contributed by atoms with Gasteiger partial charge in [0, 0.05) is 38.7 Å². The van der Waals surface area contributed by atoms with E-state index in [2.05, 4.69) is 15.8 Å². The third kappa shape index (κ3) is 5.84. The van der Waals surface area contributed by atoms with E-state index < -0.39 is 5.91 Å². The Morgan fingerprint density at radius 2 is 1.74 bits per heavy atom. The summed E-state index contributed by atoms with van der Waals surface area (Å²) in [6.45, 7) is 7.54. The van der Waals surface area contributed by atoms with E-state index in [1.807, 2.05) is 50.5 Å². The fourth-order valence-electron chi connectivity index (χ4n) is 2.72. The van der Waals surface area contributed by atoms with Gasteiger partial charge in [0.15, 0.2) is 0 Å². The smallest absolute Gasteiger partial charge is 0.249 e. The first-order chi connectivity index (χ1) is 12.7. The van der Waals surface area contributed by atoms with Gasteiger partial charge < -0.3 is 9.88 Å². The average Bonchev–Trinajstić information content (AvgIpc) is 2.79. The molecule has 2 rings (SSSR count). The maximum absolute atomic E-state index is 11.8. The number of nitrogens with one attached hydrogen (secondary N) is 2. The number of benzene rings is 1. The Hall–Kier alpha value is -2.31. The van der Waals surface area contributed by atoms with Crippen LogP contribution >= 0.6 is 23.2 Å². The average molecular weight is 409 g/mol. The van der Waals surface area contributed by atoms with Crippen LogP contribution in [0, 0.1) is 13.8 Å². The van der Waals surface area contributed by atoms with Gasteiger partial charge in [0.2, 0.25) is 11.8 Å². The highest BCUT2D eigenvalue weighted by molar-refractivity contribution is 6.34. The molecule has 0 aliphatic carbocycles. The van der Waals surface area contributed by atoms with Crippen molar-refractivity contribution in [3.05, 3.63) is 51.3 Å². The van der Waals surface area contributed by atoms with Gasteiger partial charge in [0.25, 0.3) is 0 Å². The number of aromatic nitrogens is 1. The van der Waals surface area contributed by atoms with Crippen molar-refractivity contribution in [3.8, 4) is 5.69 Å². The summed E-state index contributed by atoms with van der Waals surface area (Å²) in [5, 5.41) is 7.70. The van der Waals surface area contributed by atoms with Crippen LogP contribution in [0.3, 0.4) is 0 Å². The van der Waals surface area contributed by atoms with Crippen molar-refractivity contribution >= 4 is 41.2 Å². The predicted octanol–water partition coefficient (Wildman–Crippen LogP) is 3.77. The molecule has 0 aliphatic heterocycles. The molecular weight excluding hydrogens is 387 g/mol. The standard InChI is InChI=1S/C19H22Cl2N4O2/c1-11(2)23-18(26)9-19(27)24-22-10-14-5-12(3)25(13(14)4)17-7-15(20)6-16(21)8-17/h5-8,10-11H,9H2,1-4H3,(H,23,26)(H,24,27)/b22-10+. The van der Waals surface area contributed by atoms with Crippen molar-refractivity contribution in [1.82, 2.24) is 15.3 Å². The van der Waals surface area contributed by atoms with Crippen LogP contribution in [0.15, 0.2) is 29.4 Å². The Balaban J connectivity index is 2.11. The first kappa shape index (κ1) is 21.0. The van der Waals surface area contributed by atoms with E-state index >= 15 is 0 Å². The Labute approximate surface area is 168 Å². The highest BCUT2D eigenvalue weighted by Crippen LogP contribution is 2.25. The Kier molecular flexibility index (Phi) is 7.05. The summed E-state index contributed by atoms with van der Waals surface area (Å²) in [6, 6.07) is 7.24. The molecule has 2 aromatic rings. The van der Waals surface area contributed by atoms with E-state index in [0.717, 1.165) is 22.6 Å². The number of nitrogens with zero attached hydrogens (tertiary/aromatic N) is 2. The number of hydrazone groups is 1. The number of rotatable bonds is 6. The molecule has 0 radical (unpaired) electrons. The molecule has 8 heteroatoms. The van der Waals surface area contributed by atoms with Crippen molar-refractivity contribution in [1.29, 1.82) is 0 Å².